The van der Waals surface area contributed by atoms with Crippen LogP contribution in [0.4, 0.5) is 13.2 Å². The molecule has 0 spiro atoms. The van der Waals surface area contributed by atoms with Crippen LogP contribution in [0.15, 0.2) is 18.6 Å². The van der Waals surface area contributed by atoms with Crippen molar-refractivity contribution >= 4 is 40.9 Å². The summed E-state index contributed by atoms with van der Waals surface area (Å²) in [6.07, 6.45) is -0.984. The van der Waals surface area contributed by atoms with Crippen LogP contribution in [0.1, 0.15) is 85.8 Å². The number of aliphatic carboxylic acids is 1. The van der Waals surface area contributed by atoms with Crippen LogP contribution in [0, 0.1) is 10.8 Å². The third-order valence-corrected chi connectivity index (χ3v) is 7.21. The van der Waals surface area contributed by atoms with Gasteiger partial charge in [-0.3, -0.25) is 24.0 Å². The van der Waals surface area contributed by atoms with Gasteiger partial charge in [-0.25, -0.2) is 0 Å². The van der Waals surface area contributed by atoms with E-state index in [1.54, 1.807) is 27.7 Å². The Morgan fingerprint density at radius 3 is 2.13 bits per heavy atom. The van der Waals surface area contributed by atoms with Crippen LogP contribution in [0.3, 0.4) is 0 Å². The number of carbonyl (C=O) groups is 3. The number of alkyl halides is 3. The molecular weight excluding hydrogens is 548 g/mol. The van der Waals surface area contributed by atoms with E-state index in [9.17, 15) is 32.7 Å². The van der Waals surface area contributed by atoms with Crippen molar-refractivity contribution in [2.24, 2.45) is 10.8 Å². The number of amides is 1. The van der Waals surface area contributed by atoms with Crippen molar-refractivity contribution in [2.45, 2.75) is 65.6 Å². The molecule has 2 heterocycles. The van der Waals surface area contributed by atoms with E-state index in [0.29, 0.717) is 0 Å². The molecule has 1 N–H and O–H groups in total. The Morgan fingerprint density at radius 2 is 1.66 bits per heavy atom. The zero-order valence-electron chi connectivity index (χ0n) is 21.4. The van der Waals surface area contributed by atoms with Gasteiger partial charge in [-0.1, -0.05) is 44.0 Å². The Hall–Kier alpha value is -2.66. The minimum Gasteiger partial charge on any atom is -0.481 e. The summed E-state index contributed by atoms with van der Waals surface area (Å²) < 4.78 is 43.8. The third-order valence-electron chi connectivity index (χ3n) is 6.63. The normalized spacial score (nSPS) is 20.3. The number of carboxylic acids is 1. The summed E-state index contributed by atoms with van der Waals surface area (Å²) in [4.78, 5) is 43.1. The van der Waals surface area contributed by atoms with Crippen molar-refractivity contribution in [3.63, 3.8) is 0 Å². The van der Waals surface area contributed by atoms with E-state index >= 15 is 0 Å². The van der Waals surface area contributed by atoms with Crippen LogP contribution >= 0.6 is 23.2 Å². The lowest BCUT2D eigenvalue weighted by molar-refractivity contribution is -0.152. The maximum Gasteiger partial charge on any atom is 0.433 e. The predicted molar refractivity (Wildman–Crippen MR) is 134 cm³/mol. The first kappa shape index (κ1) is 29.9. The molecule has 0 aromatic carbocycles. The number of carboxylic acid groups (broad SMARTS) is 1. The van der Waals surface area contributed by atoms with Gasteiger partial charge in [-0.05, 0) is 38.0 Å². The van der Waals surface area contributed by atoms with Gasteiger partial charge in [0.25, 0.3) is 5.91 Å². The number of ketones is 1. The van der Waals surface area contributed by atoms with Gasteiger partial charge in [-0.2, -0.15) is 18.3 Å². The van der Waals surface area contributed by atoms with E-state index in [1.165, 1.54) is 12.4 Å². The third kappa shape index (κ3) is 6.48. The Labute approximate surface area is 228 Å². The predicted octanol–water partition coefficient (Wildman–Crippen LogP) is 6.18. The topological polar surface area (TPSA) is 105 Å². The van der Waals surface area contributed by atoms with E-state index in [1.807, 2.05) is 0 Å². The van der Waals surface area contributed by atoms with Crippen molar-refractivity contribution < 1.29 is 32.7 Å². The number of hydrogen-bond donors (Lipinski definition) is 1. The molecule has 1 aliphatic rings. The SMILES string of the molecule is CC(C)(C)CN(CC(=O)c1c(Cl)cncc1Cl)C(=O)c1cnn([C@H]2CC[C@](C)(C(=O)O)CC2)c1C(F)(F)F. The maximum atomic E-state index is 14.3. The average molecular weight is 577 g/mol. The summed E-state index contributed by atoms with van der Waals surface area (Å²) in [5.41, 5.74) is -3.59. The van der Waals surface area contributed by atoms with Crippen LogP contribution in [0.25, 0.3) is 0 Å². The molecule has 0 atom stereocenters. The van der Waals surface area contributed by atoms with E-state index < -0.39 is 58.5 Å². The van der Waals surface area contributed by atoms with Crippen molar-refractivity contribution in [3.05, 3.63) is 45.5 Å². The van der Waals surface area contributed by atoms with Gasteiger partial charge in [0.1, 0.15) is 0 Å². The van der Waals surface area contributed by atoms with E-state index in [-0.39, 0.29) is 47.8 Å². The van der Waals surface area contributed by atoms with Gasteiger partial charge in [0.15, 0.2) is 11.5 Å². The highest BCUT2D eigenvalue weighted by molar-refractivity contribution is 6.39. The van der Waals surface area contributed by atoms with Crippen LogP contribution < -0.4 is 0 Å². The van der Waals surface area contributed by atoms with Crippen LogP contribution in [-0.4, -0.2) is 55.5 Å². The number of nitrogens with zero attached hydrogens (tertiary/aromatic N) is 4. The number of rotatable bonds is 7. The molecule has 2 aromatic heterocycles. The monoisotopic (exact) mass is 576 g/mol. The van der Waals surface area contributed by atoms with Crippen molar-refractivity contribution in [2.75, 3.05) is 13.1 Å². The quantitative estimate of drug-likeness (QED) is 0.394. The molecule has 0 bridgehead atoms. The van der Waals surface area contributed by atoms with E-state index in [0.717, 1.165) is 15.8 Å². The summed E-state index contributed by atoms with van der Waals surface area (Å²) in [5.74, 6) is -2.67. The van der Waals surface area contributed by atoms with Gasteiger partial charge in [0.2, 0.25) is 0 Å². The van der Waals surface area contributed by atoms with Crippen molar-refractivity contribution in [3.8, 4) is 0 Å². The molecule has 3 rings (SSSR count). The van der Waals surface area contributed by atoms with E-state index in [4.69, 9.17) is 23.2 Å². The van der Waals surface area contributed by atoms with Crippen molar-refractivity contribution in [1.29, 1.82) is 0 Å². The molecule has 8 nitrogen and oxygen atoms in total. The highest BCUT2D eigenvalue weighted by Crippen LogP contribution is 2.43. The standard InChI is InChI=1S/C25H29Cl2F3N4O4/c1-23(2,3)13-33(12-18(35)19-16(26)10-31-11-17(19)27)21(36)15-9-32-34(20(15)25(28,29)30)14-5-7-24(4,8-6-14)22(37)38/h9-11,14H,5-8,12-13H2,1-4H3,(H,37,38)/t14-,24-. The number of Topliss-reactive ketones (excluding diaryl/α,β-unsaturated/α-hetero) is 1. The fourth-order valence-corrected chi connectivity index (χ4v) is 5.22. The molecule has 208 valence electrons. The van der Waals surface area contributed by atoms with Gasteiger partial charge >= 0.3 is 12.1 Å². The van der Waals surface area contributed by atoms with E-state index in [2.05, 4.69) is 10.1 Å². The second kappa shape index (κ2) is 10.8. The highest BCUT2D eigenvalue weighted by Gasteiger charge is 2.45. The molecule has 1 saturated carbocycles. The summed E-state index contributed by atoms with van der Waals surface area (Å²) >= 11 is 12.2. The molecular formula is C25H29Cl2F3N4O4. The highest BCUT2D eigenvalue weighted by atomic mass is 35.5. The Morgan fingerprint density at radius 1 is 1.11 bits per heavy atom. The first-order valence-corrected chi connectivity index (χ1v) is 12.7. The number of aromatic nitrogens is 3. The number of hydrogen-bond acceptors (Lipinski definition) is 5. The summed E-state index contributed by atoms with van der Waals surface area (Å²) in [6, 6.07) is -0.729. The van der Waals surface area contributed by atoms with Gasteiger partial charge in [-0.15, -0.1) is 0 Å². The molecule has 1 aliphatic carbocycles. The van der Waals surface area contributed by atoms with Gasteiger partial charge in [0, 0.05) is 18.9 Å². The fraction of sp³-hybridized carbons (Fsp3) is 0.560. The minimum absolute atomic E-state index is 0.0409. The summed E-state index contributed by atoms with van der Waals surface area (Å²) in [6.45, 7) is 6.29. The number of pyridine rings is 1. The number of halogens is 5. The van der Waals surface area contributed by atoms with Crippen molar-refractivity contribution in [1.82, 2.24) is 19.7 Å². The summed E-state index contributed by atoms with van der Waals surface area (Å²) in [7, 11) is 0. The van der Waals surface area contributed by atoms with Gasteiger partial charge in [0.05, 0.1) is 45.4 Å². The lowest BCUT2D eigenvalue weighted by atomic mass is 9.74. The van der Waals surface area contributed by atoms with Crippen LogP contribution in [0.2, 0.25) is 10.0 Å². The molecule has 0 unspecified atom stereocenters. The smallest absolute Gasteiger partial charge is 0.433 e. The summed E-state index contributed by atoms with van der Waals surface area (Å²) in [5, 5.41) is 13.3. The second-order valence-electron chi connectivity index (χ2n) is 11.1. The number of carbonyl (C=O) groups excluding carboxylic acids is 2. The molecule has 38 heavy (non-hydrogen) atoms. The Kier molecular flexibility index (Phi) is 8.53. The average Bonchev–Trinajstić information content (AvgIpc) is 3.23. The van der Waals surface area contributed by atoms with Gasteiger partial charge < -0.3 is 10.0 Å². The first-order chi connectivity index (χ1) is 17.4. The minimum atomic E-state index is -4.93. The zero-order valence-corrected chi connectivity index (χ0v) is 22.9. The molecule has 1 amide bonds. The molecule has 2 aromatic rings. The Balaban J connectivity index is 1.98. The van der Waals surface area contributed by atoms with Crippen LogP contribution in [-0.2, 0) is 11.0 Å². The molecule has 0 saturated heterocycles. The maximum absolute atomic E-state index is 14.3. The molecule has 0 radical (unpaired) electrons. The lowest BCUT2D eigenvalue weighted by Gasteiger charge is -2.34. The fourth-order valence-electron chi connectivity index (χ4n) is 4.65. The largest absolute Gasteiger partial charge is 0.481 e. The zero-order chi connectivity index (χ0) is 28.6. The Bertz CT molecular complexity index is 1210. The molecule has 13 heteroatoms. The first-order valence-electron chi connectivity index (χ1n) is 11.9. The molecule has 0 aliphatic heterocycles. The van der Waals surface area contributed by atoms with Crippen LogP contribution in [0.5, 0.6) is 0 Å². The molecule has 1 fully saturated rings. The lowest BCUT2D eigenvalue weighted by Crippen LogP contribution is -2.42. The second-order valence-corrected chi connectivity index (χ2v) is 11.9.